The third kappa shape index (κ3) is 2.25. The molecule has 3 heteroatoms. The number of hydrogen-bond donors (Lipinski definition) is 1. The third-order valence-electron chi connectivity index (χ3n) is 1.62. The summed E-state index contributed by atoms with van der Waals surface area (Å²) in [6, 6.07) is 4.49. The highest BCUT2D eigenvalue weighted by Gasteiger charge is 2.20. The topological polar surface area (TPSA) is 46.5 Å². The van der Waals surface area contributed by atoms with Crippen LogP contribution in [-0.4, -0.2) is 17.5 Å². The summed E-state index contributed by atoms with van der Waals surface area (Å²) in [6.45, 7) is 4.10. The van der Waals surface area contributed by atoms with Crippen LogP contribution >= 0.6 is 0 Å². The number of ether oxygens (including phenoxy) is 1. The molecule has 1 aliphatic rings. The van der Waals surface area contributed by atoms with Crippen molar-refractivity contribution in [3.63, 3.8) is 0 Å². The van der Waals surface area contributed by atoms with Gasteiger partial charge in [0, 0.05) is 6.07 Å². The summed E-state index contributed by atoms with van der Waals surface area (Å²) >= 11 is 0. The number of Topliss-reactive ketones (excluding diaryl/α,β-unsaturated/α-hetero) is 1. The molecule has 2 rings (SSSR count). The molecular formula is C11H16O3. The molecule has 0 saturated carbocycles. The van der Waals surface area contributed by atoms with Gasteiger partial charge in [-0.3, -0.25) is 4.79 Å². The number of carbonyl (C=O) groups excluding carboxylic acids is 1. The Morgan fingerprint density at radius 1 is 1.36 bits per heavy atom. The predicted octanol–water partition coefficient (Wildman–Crippen LogP) is 2.63. The molecule has 1 aromatic carbocycles. The Balaban J connectivity index is 0.000000531. The SMILES string of the molecule is C.CC.O=C1COc2cc(O)ccc21. The van der Waals surface area contributed by atoms with E-state index in [4.69, 9.17) is 9.84 Å². The molecule has 0 aromatic heterocycles. The zero-order valence-electron chi connectivity index (χ0n) is 7.70. The molecule has 1 aliphatic heterocycles. The molecule has 0 spiro atoms. The summed E-state index contributed by atoms with van der Waals surface area (Å²) in [5, 5.41) is 8.99. The smallest absolute Gasteiger partial charge is 0.203 e. The molecule has 0 fully saturated rings. The van der Waals surface area contributed by atoms with Gasteiger partial charge in [0.15, 0.2) is 6.61 Å². The Kier molecular flexibility index (Phi) is 4.70. The standard InChI is InChI=1S/C8H6O3.C2H6.CH4/c9-5-1-2-6-7(10)4-11-8(6)3-5;1-2;/h1-3,9H,4H2;1-2H3;1H4. The third-order valence-corrected chi connectivity index (χ3v) is 1.62. The van der Waals surface area contributed by atoms with Crippen LogP contribution in [0.4, 0.5) is 0 Å². The molecule has 3 nitrogen and oxygen atoms in total. The van der Waals surface area contributed by atoms with Gasteiger partial charge in [0.2, 0.25) is 5.78 Å². The normalized spacial score (nSPS) is 11.7. The molecule has 0 saturated heterocycles. The summed E-state index contributed by atoms with van der Waals surface area (Å²) in [5.41, 5.74) is 0.558. The first-order chi connectivity index (χ1) is 6.27. The van der Waals surface area contributed by atoms with E-state index in [-0.39, 0.29) is 25.6 Å². The van der Waals surface area contributed by atoms with E-state index in [1.807, 2.05) is 13.8 Å². The first-order valence-electron chi connectivity index (χ1n) is 4.26. The van der Waals surface area contributed by atoms with Crippen LogP contribution in [0, 0.1) is 0 Å². The van der Waals surface area contributed by atoms with Crippen molar-refractivity contribution in [2.75, 3.05) is 6.61 Å². The second-order valence-electron chi connectivity index (χ2n) is 2.39. The van der Waals surface area contributed by atoms with Gasteiger partial charge in [0.1, 0.15) is 11.5 Å². The molecule has 14 heavy (non-hydrogen) atoms. The first-order valence-corrected chi connectivity index (χ1v) is 4.26. The second-order valence-corrected chi connectivity index (χ2v) is 2.39. The van der Waals surface area contributed by atoms with E-state index in [1.165, 1.54) is 12.1 Å². The fourth-order valence-corrected chi connectivity index (χ4v) is 1.08. The molecule has 0 bridgehead atoms. The highest BCUT2D eigenvalue weighted by atomic mass is 16.5. The van der Waals surface area contributed by atoms with Crippen molar-refractivity contribution in [3.8, 4) is 11.5 Å². The largest absolute Gasteiger partial charge is 0.508 e. The van der Waals surface area contributed by atoms with Gasteiger partial charge >= 0.3 is 0 Å². The van der Waals surface area contributed by atoms with E-state index in [0.29, 0.717) is 11.3 Å². The van der Waals surface area contributed by atoms with Crippen LogP contribution in [0.3, 0.4) is 0 Å². The molecule has 0 radical (unpaired) electrons. The zero-order valence-corrected chi connectivity index (χ0v) is 7.70. The van der Waals surface area contributed by atoms with Crippen molar-refractivity contribution in [3.05, 3.63) is 23.8 Å². The van der Waals surface area contributed by atoms with Gasteiger partial charge in [-0.2, -0.15) is 0 Å². The average Bonchev–Trinajstić information content (AvgIpc) is 2.51. The number of phenols is 1. The van der Waals surface area contributed by atoms with Crippen LogP contribution in [0.2, 0.25) is 0 Å². The minimum absolute atomic E-state index is 0. The Morgan fingerprint density at radius 2 is 2.00 bits per heavy atom. The average molecular weight is 196 g/mol. The number of fused-ring (bicyclic) bond motifs is 1. The van der Waals surface area contributed by atoms with Crippen LogP contribution in [0.5, 0.6) is 11.5 Å². The Morgan fingerprint density at radius 3 is 2.64 bits per heavy atom. The number of ketones is 1. The van der Waals surface area contributed by atoms with Crippen LogP contribution in [0.15, 0.2) is 18.2 Å². The molecule has 1 N–H and O–H groups in total. The van der Waals surface area contributed by atoms with Crippen LogP contribution in [-0.2, 0) is 0 Å². The van der Waals surface area contributed by atoms with Crippen LogP contribution in [0.1, 0.15) is 31.6 Å². The van der Waals surface area contributed by atoms with E-state index in [9.17, 15) is 4.79 Å². The van der Waals surface area contributed by atoms with Crippen molar-refractivity contribution >= 4 is 5.78 Å². The lowest BCUT2D eigenvalue weighted by Crippen LogP contribution is -1.98. The maximum atomic E-state index is 11.0. The minimum Gasteiger partial charge on any atom is -0.508 e. The number of phenolic OH excluding ortho intramolecular Hbond substituents is 1. The van der Waals surface area contributed by atoms with Crippen LogP contribution in [0.25, 0.3) is 0 Å². The number of hydrogen-bond acceptors (Lipinski definition) is 3. The summed E-state index contributed by atoms with van der Waals surface area (Å²) in [4.78, 5) is 11.0. The number of carbonyl (C=O) groups is 1. The second kappa shape index (κ2) is 5.27. The van der Waals surface area contributed by atoms with Gasteiger partial charge < -0.3 is 9.84 Å². The first kappa shape index (κ1) is 12.5. The van der Waals surface area contributed by atoms with Crippen molar-refractivity contribution in [2.24, 2.45) is 0 Å². The fraction of sp³-hybridized carbons (Fsp3) is 0.364. The van der Waals surface area contributed by atoms with Gasteiger partial charge in [-0.15, -0.1) is 0 Å². The Bertz CT molecular complexity index is 318. The van der Waals surface area contributed by atoms with Crippen molar-refractivity contribution < 1.29 is 14.6 Å². The molecular weight excluding hydrogens is 180 g/mol. The van der Waals surface area contributed by atoms with Gasteiger partial charge in [0.05, 0.1) is 5.56 Å². The summed E-state index contributed by atoms with van der Waals surface area (Å²) < 4.78 is 4.98. The van der Waals surface area contributed by atoms with E-state index in [0.717, 1.165) is 0 Å². The van der Waals surface area contributed by atoms with Crippen LogP contribution < -0.4 is 4.74 Å². The highest BCUT2D eigenvalue weighted by molar-refractivity contribution is 6.02. The summed E-state index contributed by atoms with van der Waals surface area (Å²) in [6.07, 6.45) is 0. The number of rotatable bonds is 0. The number of benzene rings is 1. The monoisotopic (exact) mass is 196 g/mol. The van der Waals surface area contributed by atoms with E-state index < -0.39 is 0 Å². The Labute approximate surface area is 84.3 Å². The Hall–Kier alpha value is -1.51. The molecule has 1 heterocycles. The highest BCUT2D eigenvalue weighted by Crippen LogP contribution is 2.28. The van der Waals surface area contributed by atoms with Gasteiger partial charge in [-0.05, 0) is 12.1 Å². The summed E-state index contributed by atoms with van der Waals surface area (Å²) in [7, 11) is 0. The number of aromatic hydroxyl groups is 1. The lowest BCUT2D eigenvalue weighted by atomic mass is 10.1. The lowest BCUT2D eigenvalue weighted by Gasteiger charge is -1.95. The minimum atomic E-state index is -0.0278. The lowest BCUT2D eigenvalue weighted by molar-refractivity contribution is 0.0961. The van der Waals surface area contributed by atoms with Gasteiger partial charge in [0.25, 0.3) is 0 Å². The van der Waals surface area contributed by atoms with Crippen molar-refractivity contribution in [1.82, 2.24) is 0 Å². The molecule has 1 aromatic rings. The van der Waals surface area contributed by atoms with E-state index in [1.54, 1.807) is 6.07 Å². The van der Waals surface area contributed by atoms with Crippen molar-refractivity contribution in [1.29, 1.82) is 0 Å². The van der Waals surface area contributed by atoms with Gasteiger partial charge in [-0.25, -0.2) is 0 Å². The molecule has 0 aliphatic carbocycles. The van der Waals surface area contributed by atoms with Crippen molar-refractivity contribution in [2.45, 2.75) is 21.3 Å². The molecule has 0 amide bonds. The molecule has 0 unspecified atom stereocenters. The predicted molar refractivity (Wildman–Crippen MR) is 56.0 cm³/mol. The fourth-order valence-electron chi connectivity index (χ4n) is 1.08. The van der Waals surface area contributed by atoms with Gasteiger partial charge in [-0.1, -0.05) is 21.3 Å². The summed E-state index contributed by atoms with van der Waals surface area (Å²) in [5.74, 6) is 0.577. The zero-order chi connectivity index (χ0) is 9.84. The molecule has 78 valence electrons. The maximum Gasteiger partial charge on any atom is 0.203 e. The van der Waals surface area contributed by atoms with E-state index >= 15 is 0 Å². The quantitative estimate of drug-likeness (QED) is 0.693. The maximum absolute atomic E-state index is 11.0. The van der Waals surface area contributed by atoms with E-state index in [2.05, 4.69) is 0 Å². The molecule has 0 atom stereocenters.